The highest BCUT2D eigenvalue weighted by Crippen LogP contribution is 2.30. The molecule has 3 aromatic rings. The van der Waals surface area contributed by atoms with Gasteiger partial charge in [-0.15, -0.1) is 0 Å². The number of aromatic nitrogens is 1. The van der Waals surface area contributed by atoms with Gasteiger partial charge in [0.05, 0.1) is 24.0 Å². The normalized spacial score (nSPS) is 12.2. The minimum Gasteiger partial charge on any atom is -0.495 e. The summed E-state index contributed by atoms with van der Waals surface area (Å²) in [6.07, 6.45) is -4.58. The zero-order chi connectivity index (χ0) is 21.9. The molecule has 6 nitrogen and oxygen atoms in total. The van der Waals surface area contributed by atoms with Crippen molar-refractivity contribution in [2.24, 2.45) is 4.99 Å². The molecule has 0 atom stereocenters. The highest BCUT2D eigenvalue weighted by molar-refractivity contribution is 7.16. The first-order chi connectivity index (χ1) is 14.2. The number of benzene rings is 2. The third kappa shape index (κ3) is 4.54. The summed E-state index contributed by atoms with van der Waals surface area (Å²) in [5.74, 6) is -0.943. The van der Waals surface area contributed by atoms with Crippen molar-refractivity contribution in [1.29, 1.82) is 0 Å². The van der Waals surface area contributed by atoms with E-state index in [0.717, 1.165) is 29.5 Å². The number of carbonyl (C=O) groups is 2. The SMILES string of the molecule is CCOC(=O)Cn1c(=NC(=O)c2cccc(C(F)(F)F)c2)sc2cccc(OC)c21. The standard InChI is InChI=1S/C20H17F3N2O4S/c1-3-29-16(26)11-25-17-14(28-2)8-5-9-15(17)30-19(25)24-18(27)12-6-4-7-13(10-12)20(21,22)23/h4-10H,3,11H2,1-2H3. The van der Waals surface area contributed by atoms with Crippen LogP contribution in [0.2, 0.25) is 0 Å². The molecule has 0 aliphatic rings. The van der Waals surface area contributed by atoms with E-state index in [-0.39, 0.29) is 23.5 Å². The van der Waals surface area contributed by atoms with E-state index < -0.39 is 23.6 Å². The third-order valence-electron chi connectivity index (χ3n) is 4.11. The monoisotopic (exact) mass is 438 g/mol. The summed E-state index contributed by atoms with van der Waals surface area (Å²) < 4.78 is 51.3. The fraction of sp³-hybridized carbons (Fsp3) is 0.250. The smallest absolute Gasteiger partial charge is 0.416 e. The van der Waals surface area contributed by atoms with Crippen molar-refractivity contribution in [1.82, 2.24) is 4.57 Å². The number of amides is 1. The highest BCUT2D eigenvalue weighted by atomic mass is 32.1. The van der Waals surface area contributed by atoms with Gasteiger partial charge < -0.3 is 14.0 Å². The molecule has 0 saturated heterocycles. The number of esters is 1. The molecule has 1 heterocycles. The number of ether oxygens (including phenoxy) is 2. The van der Waals surface area contributed by atoms with Crippen LogP contribution in [0.3, 0.4) is 0 Å². The molecule has 0 aliphatic heterocycles. The maximum absolute atomic E-state index is 13.0. The number of hydrogen-bond acceptors (Lipinski definition) is 5. The molecule has 0 radical (unpaired) electrons. The maximum Gasteiger partial charge on any atom is 0.416 e. The second kappa shape index (κ2) is 8.70. The molecule has 1 aromatic heterocycles. The number of hydrogen-bond donors (Lipinski definition) is 0. The van der Waals surface area contributed by atoms with Crippen molar-refractivity contribution in [3.05, 3.63) is 58.4 Å². The summed E-state index contributed by atoms with van der Waals surface area (Å²) in [6.45, 7) is 1.61. The van der Waals surface area contributed by atoms with Gasteiger partial charge in [0, 0.05) is 5.56 Å². The number of halogens is 3. The molecular formula is C20H17F3N2O4S. The Balaban J connectivity index is 2.14. The van der Waals surface area contributed by atoms with Gasteiger partial charge in [0.2, 0.25) is 0 Å². The van der Waals surface area contributed by atoms with Gasteiger partial charge in [-0.05, 0) is 37.3 Å². The van der Waals surface area contributed by atoms with Gasteiger partial charge >= 0.3 is 12.1 Å². The molecule has 30 heavy (non-hydrogen) atoms. The van der Waals surface area contributed by atoms with Crippen LogP contribution in [-0.4, -0.2) is 30.2 Å². The van der Waals surface area contributed by atoms with E-state index in [4.69, 9.17) is 9.47 Å². The van der Waals surface area contributed by atoms with Crippen LogP contribution < -0.4 is 9.54 Å². The molecule has 0 aliphatic carbocycles. The first-order valence-electron chi connectivity index (χ1n) is 8.83. The van der Waals surface area contributed by atoms with E-state index in [1.54, 1.807) is 25.1 Å². The lowest BCUT2D eigenvalue weighted by molar-refractivity contribution is -0.143. The summed E-state index contributed by atoms with van der Waals surface area (Å²) in [6, 6.07) is 9.21. The van der Waals surface area contributed by atoms with Gasteiger partial charge in [-0.25, -0.2) is 0 Å². The Morgan fingerprint density at radius 3 is 2.57 bits per heavy atom. The summed E-state index contributed by atoms with van der Waals surface area (Å²) >= 11 is 1.11. The van der Waals surface area contributed by atoms with Gasteiger partial charge in [0.25, 0.3) is 5.91 Å². The van der Waals surface area contributed by atoms with Crippen LogP contribution in [0.15, 0.2) is 47.5 Å². The van der Waals surface area contributed by atoms with Crippen LogP contribution in [0.1, 0.15) is 22.8 Å². The maximum atomic E-state index is 13.0. The zero-order valence-electron chi connectivity index (χ0n) is 16.0. The number of methoxy groups -OCH3 is 1. The van der Waals surface area contributed by atoms with Crippen molar-refractivity contribution in [2.75, 3.05) is 13.7 Å². The van der Waals surface area contributed by atoms with Crippen LogP contribution in [0.25, 0.3) is 10.2 Å². The molecule has 158 valence electrons. The first kappa shape index (κ1) is 21.6. The second-order valence-corrected chi connectivity index (χ2v) is 7.09. The lowest BCUT2D eigenvalue weighted by Crippen LogP contribution is -2.23. The van der Waals surface area contributed by atoms with Crippen LogP contribution in [0.5, 0.6) is 5.75 Å². The molecule has 1 amide bonds. The first-order valence-corrected chi connectivity index (χ1v) is 9.64. The number of fused-ring (bicyclic) bond motifs is 1. The van der Waals surface area contributed by atoms with Crippen molar-refractivity contribution in [2.45, 2.75) is 19.6 Å². The van der Waals surface area contributed by atoms with Crippen molar-refractivity contribution in [3.8, 4) is 5.75 Å². The fourth-order valence-electron chi connectivity index (χ4n) is 2.81. The molecular weight excluding hydrogens is 421 g/mol. The summed E-state index contributed by atoms with van der Waals surface area (Å²) in [5.41, 5.74) is -0.619. The van der Waals surface area contributed by atoms with Gasteiger partial charge in [-0.1, -0.05) is 23.5 Å². The quantitative estimate of drug-likeness (QED) is 0.564. The number of thiazole rings is 1. The molecule has 10 heteroatoms. The van der Waals surface area contributed by atoms with E-state index in [9.17, 15) is 22.8 Å². The average molecular weight is 438 g/mol. The van der Waals surface area contributed by atoms with Crippen LogP contribution in [-0.2, 0) is 22.3 Å². The van der Waals surface area contributed by atoms with Crippen molar-refractivity contribution in [3.63, 3.8) is 0 Å². The summed E-state index contributed by atoms with van der Waals surface area (Å²) in [4.78, 5) is 28.8. The Bertz CT molecular complexity index is 1160. The topological polar surface area (TPSA) is 69.9 Å². The molecule has 0 bridgehead atoms. The van der Waals surface area contributed by atoms with E-state index >= 15 is 0 Å². The van der Waals surface area contributed by atoms with E-state index in [0.29, 0.717) is 16.0 Å². The molecule has 0 unspecified atom stereocenters. The zero-order valence-corrected chi connectivity index (χ0v) is 16.8. The Morgan fingerprint density at radius 1 is 1.17 bits per heavy atom. The third-order valence-corrected chi connectivity index (χ3v) is 5.15. The largest absolute Gasteiger partial charge is 0.495 e. The number of nitrogens with zero attached hydrogens (tertiary/aromatic N) is 2. The van der Waals surface area contributed by atoms with Crippen LogP contribution in [0, 0.1) is 0 Å². The van der Waals surface area contributed by atoms with Crippen molar-refractivity contribution < 1.29 is 32.2 Å². The van der Waals surface area contributed by atoms with E-state index in [1.807, 2.05) is 0 Å². The van der Waals surface area contributed by atoms with Crippen LogP contribution >= 0.6 is 11.3 Å². The Labute approximate surface area is 173 Å². The number of para-hydroxylation sites is 1. The summed E-state index contributed by atoms with van der Waals surface area (Å²) in [5, 5.41) is 0. The predicted octanol–water partition coefficient (Wildman–Crippen LogP) is 4.03. The highest BCUT2D eigenvalue weighted by Gasteiger charge is 2.31. The second-order valence-electron chi connectivity index (χ2n) is 6.08. The van der Waals surface area contributed by atoms with Crippen molar-refractivity contribution >= 4 is 33.4 Å². The Hall–Kier alpha value is -3.14. The lowest BCUT2D eigenvalue weighted by Gasteiger charge is -2.08. The Kier molecular flexibility index (Phi) is 6.25. The van der Waals surface area contributed by atoms with E-state index in [2.05, 4.69) is 4.99 Å². The minimum absolute atomic E-state index is 0.143. The van der Waals surface area contributed by atoms with Crippen LogP contribution in [0.4, 0.5) is 13.2 Å². The number of rotatable bonds is 5. The van der Waals surface area contributed by atoms with Gasteiger partial charge in [0.1, 0.15) is 17.8 Å². The lowest BCUT2D eigenvalue weighted by atomic mass is 10.1. The van der Waals surface area contributed by atoms with E-state index in [1.165, 1.54) is 17.7 Å². The molecule has 3 rings (SSSR count). The van der Waals surface area contributed by atoms with Gasteiger partial charge in [-0.2, -0.15) is 18.2 Å². The fourth-order valence-corrected chi connectivity index (χ4v) is 3.86. The minimum atomic E-state index is -4.58. The average Bonchev–Trinajstić information content (AvgIpc) is 3.04. The summed E-state index contributed by atoms with van der Waals surface area (Å²) in [7, 11) is 1.46. The number of alkyl halides is 3. The molecule has 0 N–H and O–H groups in total. The Morgan fingerprint density at radius 2 is 1.90 bits per heavy atom. The van der Waals surface area contributed by atoms with Gasteiger partial charge in [0.15, 0.2) is 4.80 Å². The molecule has 0 fully saturated rings. The number of carbonyl (C=O) groups excluding carboxylic acids is 2. The van der Waals surface area contributed by atoms with Gasteiger partial charge in [-0.3, -0.25) is 9.59 Å². The molecule has 2 aromatic carbocycles. The molecule has 0 spiro atoms. The molecule has 0 saturated carbocycles. The predicted molar refractivity (Wildman–Crippen MR) is 104 cm³/mol.